The monoisotopic (exact) mass is 255 g/mol. The van der Waals surface area contributed by atoms with Crippen molar-refractivity contribution in [2.75, 3.05) is 20.8 Å². The number of ether oxygens (including phenoxy) is 3. The molecule has 0 saturated carbocycles. The Morgan fingerprint density at radius 1 is 1.35 bits per heavy atom. The van der Waals surface area contributed by atoms with Crippen LogP contribution in [0.1, 0.15) is 5.56 Å². The summed E-state index contributed by atoms with van der Waals surface area (Å²) in [6.07, 6.45) is 0. The van der Waals surface area contributed by atoms with Gasteiger partial charge in [0.2, 0.25) is 0 Å². The highest BCUT2D eigenvalue weighted by molar-refractivity contribution is 7.80. The van der Waals surface area contributed by atoms with E-state index in [1.54, 1.807) is 18.2 Å². The molecule has 0 saturated heterocycles. The molecule has 17 heavy (non-hydrogen) atoms. The van der Waals surface area contributed by atoms with Crippen LogP contribution >= 0.6 is 12.2 Å². The van der Waals surface area contributed by atoms with E-state index in [4.69, 9.17) is 27.4 Å². The van der Waals surface area contributed by atoms with Crippen molar-refractivity contribution < 1.29 is 19.0 Å². The SMILES string of the molecule is COC(=O)COc1ccc(C(N)=S)cc1OC. The third kappa shape index (κ3) is 3.60. The van der Waals surface area contributed by atoms with Gasteiger partial charge in [0.05, 0.1) is 14.2 Å². The first-order chi connectivity index (χ1) is 8.08. The molecule has 0 aliphatic rings. The first-order valence-electron chi connectivity index (χ1n) is 4.76. The predicted molar refractivity (Wildman–Crippen MR) is 66.4 cm³/mol. The summed E-state index contributed by atoms with van der Waals surface area (Å²) in [5, 5.41) is 0. The molecule has 0 bridgehead atoms. The van der Waals surface area contributed by atoms with Crippen molar-refractivity contribution in [3.05, 3.63) is 23.8 Å². The van der Waals surface area contributed by atoms with Gasteiger partial charge in [0.1, 0.15) is 4.99 Å². The van der Waals surface area contributed by atoms with Crippen LogP contribution in [-0.4, -0.2) is 31.8 Å². The summed E-state index contributed by atoms with van der Waals surface area (Å²) in [4.78, 5) is 11.2. The zero-order chi connectivity index (χ0) is 12.8. The smallest absolute Gasteiger partial charge is 0.343 e. The molecular formula is C11H13NO4S. The molecule has 0 fully saturated rings. The number of methoxy groups -OCH3 is 2. The van der Waals surface area contributed by atoms with Crippen molar-refractivity contribution in [2.24, 2.45) is 5.73 Å². The van der Waals surface area contributed by atoms with Crippen LogP contribution in [0.4, 0.5) is 0 Å². The molecular weight excluding hydrogens is 242 g/mol. The van der Waals surface area contributed by atoms with Gasteiger partial charge in [0.15, 0.2) is 18.1 Å². The first-order valence-corrected chi connectivity index (χ1v) is 5.16. The Balaban J connectivity index is 2.85. The number of rotatable bonds is 5. The normalized spacial score (nSPS) is 9.53. The van der Waals surface area contributed by atoms with Crippen LogP contribution in [0.2, 0.25) is 0 Å². The molecule has 1 aromatic carbocycles. The number of carbonyl (C=O) groups is 1. The lowest BCUT2D eigenvalue weighted by atomic mass is 10.2. The van der Waals surface area contributed by atoms with Gasteiger partial charge in [0, 0.05) is 5.56 Å². The molecule has 0 spiro atoms. The highest BCUT2D eigenvalue weighted by atomic mass is 32.1. The topological polar surface area (TPSA) is 70.8 Å². The molecule has 0 radical (unpaired) electrons. The van der Waals surface area contributed by atoms with Crippen LogP contribution in [0.15, 0.2) is 18.2 Å². The Labute approximate surface area is 104 Å². The van der Waals surface area contributed by atoms with Gasteiger partial charge in [-0.1, -0.05) is 12.2 Å². The molecule has 92 valence electrons. The molecule has 0 atom stereocenters. The maximum atomic E-state index is 10.9. The van der Waals surface area contributed by atoms with Crippen LogP contribution in [0.3, 0.4) is 0 Å². The highest BCUT2D eigenvalue weighted by Gasteiger charge is 2.09. The Kier molecular flexibility index (Phi) is 4.71. The van der Waals surface area contributed by atoms with E-state index in [2.05, 4.69) is 4.74 Å². The van der Waals surface area contributed by atoms with Gasteiger partial charge in [-0.15, -0.1) is 0 Å². The zero-order valence-electron chi connectivity index (χ0n) is 9.56. The van der Waals surface area contributed by atoms with E-state index in [9.17, 15) is 4.79 Å². The number of hydrogen-bond acceptors (Lipinski definition) is 5. The third-order valence-corrected chi connectivity index (χ3v) is 2.26. The molecule has 2 N–H and O–H groups in total. The molecule has 6 heteroatoms. The molecule has 5 nitrogen and oxygen atoms in total. The van der Waals surface area contributed by atoms with Gasteiger partial charge in [0.25, 0.3) is 0 Å². The van der Waals surface area contributed by atoms with E-state index in [0.29, 0.717) is 17.1 Å². The minimum Gasteiger partial charge on any atom is -0.493 e. The van der Waals surface area contributed by atoms with Gasteiger partial charge < -0.3 is 19.9 Å². The summed E-state index contributed by atoms with van der Waals surface area (Å²) >= 11 is 4.85. The summed E-state index contributed by atoms with van der Waals surface area (Å²) in [6.45, 7) is -0.181. The quantitative estimate of drug-likeness (QED) is 0.622. The number of esters is 1. The van der Waals surface area contributed by atoms with E-state index in [1.807, 2.05) is 0 Å². The fourth-order valence-corrected chi connectivity index (χ4v) is 1.26. The van der Waals surface area contributed by atoms with Crippen molar-refractivity contribution in [1.82, 2.24) is 0 Å². The fraction of sp³-hybridized carbons (Fsp3) is 0.273. The van der Waals surface area contributed by atoms with Crippen molar-refractivity contribution in [3.63, 3.8) is 0 Å². The van der Waals surface area contributed by atoms with Crippen molar-refractivity contribution in [3.8, 4) is 11.5 Å². The van der Waals surface area contributed by atoms with E-state index >= 15 is 0 Å². The Bertz CT molecular complexity index is 433. The highest BCUT2D eigenvalue weighted by Crippen LogP contribution is 2.27. The third-order valence-electron chi connectivity index (χ3n) is 2.02. The van der Waals surface area contributed by atoms with E-state index in [0.717, 1.165) is 0 Å². The second kappa shape index (κ2) is 6.05. The lowest BCUT2D eigenvalue weighted by Crippen LogP contribution is -2.13. The molecule has 0 heterocycles. The van der Waals surface area contributed by atoms with E-state index in [1.165, 1.54) is 14.2 Å². The molecule has 0 aromatic heterocycles. The summed E-state index contributed by atoms with van der Waals surface area (Å²) in [5.41, 5.74) is 6.16. The minimum atomic E-state index is -0.467. The van der Waals surface area contributed by atoms with Gasteiger partial charge in [-0.3, -0.25) is 0 Å². The molecule has 1 aromatic rings. The van der Waals surface area contributed by atoms with Gasteiger partial charge in [-0.05, 0) is 18.2 Å². The molecule has 0 unspecified atom stereocenters. The standard InChI is InChI=1S/C11H13NO4S/c1-14-9-5-7(11(12)17)3-4-8(9)16-6-10(13)15-2/h3-5H,6H2,1-2H3,(H2,12,17). The number of nitrogens with two attached hydrogens (primary N) is 1. The van der Waals surface area contributed by atoms with Crippen molar-refractivity contribution in [1.29, 1.82) is 0 Å². The largest absolute Gasteiger partial charge is 0.493 e. The number of carbonyl (C=O) groups excluding carboxylic acids is 1. The fourth-order valence-electron chi connectivity index (χ4n) is 1.14. The van der Waals surface area contributed by atoms with Gasteiger partial charge >= 0.3 is 5.97 Å². The molecule has 0 aliphatic heterocycles. The maximum Gasteiger partial charge on any atom is 0.343 e. The summed E-state index contributed by atoms with van der Waals surface area (Å²) in [7, 11) is 2.78. The number of thiocarbonyl (C=S) groups is 1. The average molecular weight is 255 g/mol. The summed E-state index contributed by atoms with van der Waals surface area (Å²) < 4.78 is 14.8. The second-order valence-electron chi connectivity index (χ2n) is 3.09. The maximum absolute atomic E-state index is 10.9. The Morgan fingerprint density at radius 2 is 2.06 bits per heavy atom. The zero-order valence-corrected chi connectivity index (χ0v) is 10.4. The van der Waals surface area contributed by atoms with E-state index < -0.39 is 5.97 Å². The van der Waals surface area contributed by atoms with Crippen molar-refractivity contribution >= 4 is 23.2 Å². The molecule has 0 amide bonds. The average Bonchev–Trinajstić information content (AvgIpc) is 2.35. The van der Waals surface area contributed by atoms with Crippen LogP contribution in [0, 0.1) is 0 Å². The van der Waals surface area contributed by atoms with Crippen molar-refractivity contribution in [2.45, 2.75) is 0 Å². The first kappa shape index (κ1) is 13.2. The number of hydrogen-bond donors (Lipinski definition) is 1. The van der Waals surface area contributed by atoms with Gasteiger partial charge in [-0.25, -0.2) is 4.79 Å². The van der Waals surface area contributed by atoms with Gasteiger partial charge in [-0.2, -0.15) is 0 Å². The van der Waals surface area contributed by atoms with Crippen LogP contribution in [0.5, 0.6) is 11.5 Å². The number of benzene rings is 1. The molecule has 0 aliphatic carbocycles. The summed E-state index contributed by atoms with van der Waals surface area (Å²) in [5.74, 6) is 0.419. The molecule has 1 rings (SSSR count). The van der Waals surface area contributed by atoms with E-state index in [-0.39, 0.29) is 11.6 Å². The summed E-state index contributed by atoms with van der Waals surface area (Å²) in [6, 6.07) is 4.97. The lowest BCUT2D eigenvalue weighted by Gasteiger charge is -2.10. The lowest BCUT2D eigenvalue weighted by molar-refractivity contribution is -0.142. The Hall–Kier alpha value is -1.82. The minimum absolute atomic E-state index is 0.181. The second-order valence-corrected chi connectivity index (χ2v) is 3.53. The predicted octanol–water partition coefficient (Wildman–Crippen LogP) is 0.881. The van der Waals surface area contributed by atoms with Crippen LogP contribution in [-0.2, 0) is 9.53 Å². The van der Waals surface area contributed by atoms with Crippen LogP contribution in [0.25, 0.3) is 0 Å². The Morgan fingerprint density at radius 3 is 2.59 bits per heavy atom. The van der Waals surface area contributed by atoms with Crippen LogP contribution < -0.4 is 15.2 Å².